The van der Waals surface area contributed by atoms with Crippen LogP contribution in [0.25, 0.3) is 0 Å². The van der Waals surface area contributed by atoms with Crippen molar-refractivity contribution in [3.63, 3.8) is 0 Å². The molecule has 0 rings (SSSR count). The van der Waals surface area contributed by atoms with E-state index in [0.717, 1.165) is 0 Å². The van der Waals surface area contributed by atoms with Crippen molar-refractivity contribution in [2.45, 2.75) is 78.1 Å². The minimum atomic E-state index is -1.40. The summed E-state index contributed by atoms with van der Waals surface area (Å²) in [7, 11) is -1.40. The minimum Gasteiger partial charge on any atom is -0.412 e. The minimum absolute atomic E-state index is 0.0482. The quantitative estimate of drug-likeness (QED) is 0.590. The van der Waals surface area contributed by atoms with Crippen LogP contribution in [0.5, 0.6) is 0 Å². The topological polar surface area (TPSA) is 9.23 Å². The molecule has 0 amide bonds. The molecular formula is C12H28OSi. The molecular weight excluding hydrogens is 188 g/mol. The van der Waals surface area contributed by atoms with Gasteiger partial charge < -0.3 is 4.43 Å². The maximum atomic E-state index is 6.39. The van der Waals surface area contributed by atoms with Crippen LogP contribution in [0, 0.1) is 0 Å². The largest absolute Gasteiger partial charge is 0.412 e. The maximum Gasteiger partial charge on any atom is 0.193 e. The summed E-state index contributed by atoms with van der Waals surface area (Å²) in [5, 5.41) is 0. The van der Waals surface area contributed by atoms with Gasteiger partial charge in [0.05, 0.1) is 0 Å². The summed E-state index contributed by atoms with van der Waals surface area (Å²) in [5.74, 6) is 0. The predicted molar refractivity (Wildman–Crippen MR) is 67.3 cm³/mol. The average molecular weight is 216 g/mol. The summed E-state index contributed by atoms with van der Waals surface area (Å²) in [4.78, 5) is 0. The zero-order valence-electron chi connectivity index (χ0n) is 10.9. The molecule has 14 heavy (non-hydrogen) atoms. The van der Waals surface area contributed by atoms with E-state index in [9.17, 15) is 0 Å². The van der Waals surface area contributed by atoms with E-state index >= 15 is 0 Å². The third-order valence-corrected chi connectivity index (χ3v) is 7.73. The molecule has 0 bridgehead atoms. The van der Waals surface area contributed by atoms with Gasteiger partial charge in [-0.15, -0.1) is 0 Å². The number of rotatable bonds is 6. The highest BCUT2D eigenvalue weighted by Gasteiger charge is 2.34. The molecule has 0 heterocycles. The SMILES string of the molecule is CCC[Si](CC)(CCC)OC(C)(C)C. The summed E-state index contributed by atoms with van der Waals surface area (Å²) in [5.41, 5.74) is 0.0482. The van der Waals surface area contributed by atoms with Crippen molar-refractivity contribution in [1.82, 2.24) is 0 Å². The molecule has 0 aromatic carbocycles. The van der Waals surface area contributed by atoms with Crippen LogP contribution < -0.4 is 0 Å². The second kappa shape index (κ2) is 5.91. The molecule has 0 atom stereocenters. The van der Waals surface area contributed by atoms with Gasteiger partial charge in [0.1, 0.15) is 0 Å². The van der Waals surface area contributed by atoms with Gasteiger partial charge >= 0.3 is 0 Å². The van der Waals surface area contributed by atoms with Crippen molar-refractivity contribution in [2.75, 3.05) is 0 Å². The van der Waals surface area contributed by atoms with Crippen LogP contribution in [0.3, 0.4) is 0 Å². The molecule has 0 fully saturated rings. The first-order chi connectivity index (χ1) is 6.39. The maximum absolute atomic E-state index is 6.39. The lowest BCUT2D eigenvalue weighted by molar-refractivity contribution is 0.115. The molecule has 1 nitrogen and oxygen atoms in total. The molecule has 0 spiro atoms. The standard InChI is InChI=1S/C12H28OSi/c1-7-10-14(9-3,11-8-2)13-12(4,5)6/h7-11H2,1-6H3. The molecule has 0 N–H and O–H groups in total. The molecule has 2 heteroatoms. The first-order valence-electron chi connectivity index (χ1n) is 6.09. The lowest BCUT2D eigenvalue weighted by Gasteiger charge is -2.37. The van der Waals surface area contributed by atoms with Crippen LogP contribution in [-0.4, -0.2) is 13.9 Å². The van der Waals surface area contributed by atoms with Gasteiger partial charge in [0.15, 0.2) is 8.32 Å². The highest BCUT2D eigenvalue weighted by Crippen LogP contribution is 2.30. The van der Waals surface area contributed by atoms with Gasteiger partial charge in [-0.3, -0.25) is 0 Å². The van der Waals surface area contributed by atoms with Crippen LogP contribution in [0.4, 0.5) is 0 Å². The van der Waals surface area contributed by atoms with Crippen molar-refractivity contribution in [3.05, 3.63) is 0 Å². The van der Waals surface area contributed by atoms with Gasteiger partial charge in [-0.25, -0.2) is 0 Å². The Kier molecular flexibility index (Phi) is 5.99. The highest BCUT2D eigenvalue weighted by molar-refractivity contribution is 6.73. The average Bonchev–Trinajstić information content (AvgIpc) is 2.02. The van der Waals surface area contributed by atoms with Gasteiger partial charge in [-0.05, 0) is 38.9 Å². The fraction of sp³-hybridized carbons (Fsp3) is 1.00. The van der Waals surface area contributed by atoms with Crippen LogP contribution in [0.2, 0.25) is 18.1 Å². The van der Waals surface area contributed by atoms with Gasteiger partial charge in [0.25, 0.3) is 0 Å². The summed E-state index contributed by atoms with van der Waals surface area (Å²) < 4.78 is 6.39. The van der Waals surface area contributed by atoms with Crippen molar-refractivity contribution in [1.29, 1.82) is 0 Å². The van der Waals surface area contributed by atoms with Crippen molar-refractivity contribution in [3.8, 4) is 0 Å². The monoisotopic (exact) mass is 216 g/mol. The molecule has 0 aliphatic carbocycles. The summed E-state index contributed by atoms with van der Waals surface area (Å²) in [6.45, 7) is 13.4. The summed E-state index contributed by atoms with van der Waals surface area (Å²) in [6, 6.07) is 3.93. The Balaban J connectivity index is 4.48. The Morgan fingerprint density at radius 2 is 1.36 bits per heavy atom. The van der Waals surface area contributed by atoms with E-state index in [4.69, 9.17) is 4.43 Å². The molecule has 0 aliphatic rings. The van der Waals surface area contributed by atoms with Crippen molar-refractivity contribution >= 4 is 8.32 Å². The Bertz CT molecular complexity index is 143. The Morgan fingerprint density at radius 3 is 1.57 bits per heavy atom. The van der Waals surface area contributed by atoms with E-state index in [2.05, 4.69) is 41.5 Å². The predicted octanol–water partition coefficient (Wildman–Crippen LogP) is 4.59. The zero-order valence-corrected chi connectivity index (χ0v) is 11.9. The summed E-state index contributed by atoms with van der Waals surface area (Å²) >= 11 is 0. The molecule has 0 saturated heterocycles. The first-order valence-corrected chi connectivity index (χ1v) is 8.62. The Morgan fingerprint density at radius 1 is 0.929 bits per heavy atom. The normalized spacial score (nSPS) is 13.3. The van der Waals surface area contributed by atoms with Crippen LogP contribution in [0.15, 0.2) is 0 Å². The van der Waals surface area contributed by atoms with Crippen molar-refractivity contribution in [2.24, 2.45) is 0 Å². The lowest BCUT2D eigenvalue weighted by atomic mass is 10.2. The van der Waals surface area contributed by atoms with E-state index in [-0.39, 0.29) is 5.60 Å². The highest BCUT2D eigenvalue weighted by atomic mass is 28.4. The molecule has 0 aliphatic heterocycles. The lowest BCUT2D eigenvalue weighted by Crippen LogP contribution is -2.43. The van der Waals surface area contributed by atoms with Crippen molar-refractivity contribution < 1.29 is 4.43 Å². The van der Waals surface area contributed by atoms with Crippen LogP contribution in [0.1, 0.15) is 54.4 Å². The van der Waals surface area contributed by atoms with Crippen LogP contribution in [-0.2, 0) is 4.43 Å². The van der Waals surface area contributed by atoms with Gasteiger partial charge in [-0.1, -0.05) is 33.6 Å². The van der Waals surface area contributed by atoms with E-state index in [0.29, 0.717) is 0 Å². The second-order valence-electron chi connectivity index (χ2n) is 5.25. The molecule has 86 valence electrons. The third kappa shape index (κ3) is 5.16. The second-order valence-corrected chi connectivity index (χ2v) is 9.53. The smallest absolute Gasteiger partial charge is 0.193 e. The number of hydrogen-bond acceptors (Lipinski definition) is 1. The first kappa shape index (κ1) is 14.2. The molecule has 0 aromatic rings. The fourth-order valence-corrected chi connectivity index (χ4v) is 6.64. The summed E-state index contributed by atoms with van der Waals surface area (Å²) in [6.07, 6.45) is 2.55. The van der Waals surface area contributed by atoms with E-state index in [1.54, 1.807) is 0 Å². The van der Waals surface area contributed by atoms with E-state index in [1.165, 1.54) is 31.0 Å². The molecule has 0 unspecified atom stereocenters. The zero-order chi connectivity index (χ0) is 11.2. The Labute approximate surface area is 91.4 Å². The molecule has 0 aromatic heterocycles. The van der Waals surface area contributed by atoms with Gasteiger partial charge in [0, 0.05) is 5.60 Å². The van der Waals surface area contributed by atoms with E-state index < -0.39 is 8.32 Å². The Hall–Kier alpha value is 0.177. The fourth-order valence-electron chi connectivity index (χ4n) is 2.21. The molecule has 0 saturated carbocycles. The molecule has 0 radical (unpaired) electrons. The van der Waals surface area contributed by atoms with E-state index in [1.807, 2.05) is 0 Å². The third-order valence-electron chi connectivity index (χ3n) is 2.58. The number of hydrogen-bond donors (Lipinski definition) is 0. The van der Waals surface area contributed by atoms with Crippen LogP contribution >= 0.6 is 0 Å². The van der Waals surface area contributed by atoms with Gasteiger partial charge in [0.2, 0.25) is 0 Å². The van der Waals surface area contributed by atoms with Gasteiger partial charge in [-0.2, -0.15) is 0 Å².